The fraction of sp³-hybridized carbons (Fsp3) is 0.462. The molecule has 1 atom stereocenters. The van der Waals surface area contributed by atoms with Crippen LogP contribution >= 0.6 is 0 Å². The number of β-amino-alcohol motifs (C(OH)–C–C–N with tert-alkyl or cyclic N) is 1. The maximum atomic E-state index is 11.0. The van der Waals surface area contributed by atoms with Gasteiger partial charge in [0.15, 0.2) is 0 Å². The molecule has 2 aromatic heterocycles. The highest BCUT2D eigenvalue weighted by molar-refractivity contribution is 5.96. The first-order chi connectivity index (χ1) is 9.59. The Morgan fingerprint density at radius 2 is 2.25 bits per heavy atom. The summed E-state index contributed by atoms with van der Waals surface area (Å²) in [6.45, 7) is 1.31. The molecule has 1 saturated carbocycles. The first kappa shape index (κ1) is 11.7. The zero-order valence-corrected chi connectivity index (χ0v) is 10.7. The van der Waals surface area contributed by atoms with Crippen molar-refractivity contribution in [2.75, 3.05) is 18.0 Å². The lowest BCUT2D eigenvalue weighted by atomic mass is 10.0. The van der Waals surface area contributed by atoms with Crippen LogP contribution in [0.15, 0.2) is 12.4 Å². The number of hydrogen-bond donors (Lipinski definition) is 3. The fourth-order valence-electron chi connectivity index (χ4n) is 3.06. The van der Waals surface area contributed by atoms with Gasteiger partial charge in [-0.2, -0.15) is 0 Å². The van der Waals surface area contributed by atoms with E-state index in [1.165, 1.54) is 6.33 Å². The van der Waals surface area contributed by atoms with Crippen molar-refractivity contribution in [2.45, 2.75) is 18.9 Å². The number of H-pyrrole nitrogens is 1. The second-order valence-corrected chi connectivity index (χ2v) is 5.71. The van der Waals surface area contributed by atoms with Crippen LogP contribution in [0.5, 0.6) is 0 Å². The molecule has 2 aliphatic rings. The van der Waals surface area contributed by atoms with Gasteiger partial charge in [0.05, 0.1) is 11.5 Å². The van der Waals surface area contributed by atoms with Crippen molar-refractivity contribution in [1.29, 1.82) is 0 Å². The number of anilines is 1. The van der Waals surface area contributed by atoms with Crippen LogP contribution in [0.2, 0.25) is 0 Å². The average Bonchev–Trinajstić information content (AvgIpc) is 2.94. The molecule has 1 aliphatic heterocycles. The Hall–Kier alpha value is -2.15. The van der Waals surface area contributed by atoms with E-state index in [0.717, 1.165) is 19.4 Å². The second-order valence-electron chi connectivity index (χ2n) is 5.71. The Morgan fingerprint density at radius 3 is 2.90 bits per heavy atom. The summed E-state index contributed by atoms with van der Waals surface area (Å²) >= 11 is 0. The minimum Gasteiger partial charge on any atom is -0.477 e. The predicted octanol–water partition coefficient (Wildman–Crippen LogP) is 0.617. The second kappa shape index (κ2) is 3.69. The van der Waals surface area contributed by atoms with E-state index in [9.17, 15) is 9.90 Å². The highest BCUT2D eigenvalue weighted by atomic mass is 16.4. The number of aromatic nitrogens is 3. The van der Waals surface area contributed by atoms with Crippen molar-refractivity contribution >= 4 is 22.8 Å². The lowest BCUT2D eigenvalue weighted by molar-refractivity contribution is 0.0691. The molecular weight excluding hydrogens is 260 g/mol. The predicted molar refractivity (Wildman–Crippen MR) is 70.7 cm³/mol. The number of aromatic amines is 1. The number of aromatic carboxylic acids is 1. The van der Waals surface area contributed by atoms with Crippen molar-refractivity contribution < 1.29 is 15.0 Å². The molecule has 104 valence electrons. The van der Waals surface area contributed by atoms with Gasteiger partial charge in [0.1, 0.15) is 23.5 Å². The fourth-order valence-corrected chi connectivity index (χ4v) is 3.06. The standard InChI is InChI=1S/C13H14N4O3/c18-9-4-17(5-13(9)1-2-13)11-7-3-8(12(19)20)16-10(7)14-6-15-11/h3,6,9,18H,1-2,4-5H2,(H,19,20)(H,14,15,16). The van der Waals surface area contributed by atoms with Gasteiger partial charge in [-0.1, -0.05) is 0 Å². The van der Waals surface area contributed by atoms with Gasteiger partial charge in [0.25, 0.3) is 0 Å². The minimum absolute atomic E-state index is 0.0310. The number of rotatable bonds is 2. The number of fused-ring (bicyclic) bond motifs is 1. The number of carbonyl (C=O) groups is 1. The molecule has 1 saturated heterocycles. The number of hydrogen-bond acceptors (Lipinski definition) is 5. The van der Waals surface area contributed by atoms with Crippen LogP contribution in [0.4, 0.5) is 5.82 Å². The van der Waals surface area contributed by atoms with Gasteiger partial charge in [-0.05, 0) is 18.9 Å². The van der Waals surface area contributed by atoms with E-state index >= 15 is 0 Å². The molecule has 7 heteroatoms. The van der Waals surface area contributed by atoms with Crippen LogP contribution in [0, 0.1) is 5.41 Å². The van der Waals surface area contributed by atoms with Gasteiger partial charge in [0.2, 0.25) is 0 Å². The largest absolute Gasteiger partial charge is 0.477 e. The topological polar surface area (TPSA) is 102 Å². The van der Waals surface area contributed by atoms with Crippen LogP contribution in [0.3, 0.4) is 0 Å². The molecule has 0 amide bonds. The number of nitrogens with one attached hydrogen (secondary N) is 1. The van der Waals surface area contributed by atoms with E-state index in [1.807, 2.05) is 4.90 Å². The lowest BCUT2D eigenvalue weighted by Gasteiger charge is -2.17. The molecule has 0 bridgehead atoms. The molecule has 2 aromatic rings. The number of aliphatic hydroxyl groups excluding tert-OH is 1. The molecule has 4 rings (SSSR count). The van der Waals surface area contributed by atoms with Crippen LogP contribution < -0.4 is 4.90 Å². The number of carboxylic acid groups (broad SMARTS) is 1. The summed E-state index contributed by atoms with van der Waals surface area (Å²) in [4.78, 5) is 24.2. The van der Waals surface area contributed by atoms with E-state index in [-0.39, 0.29) is 17.2 Å². The third-order valence-corrected chi connectivity index (χ3v) is 4.43. The SMILES string of the molecule is O=C(O)c1cc2c(N3CC(O)C4(CC4)C3)ncnc2[nH]1. The monoisotopic (exact) mass is 274 g/mol. The van der Waals surface area contributed by atoms with Crippen LogP contribution in [-0.2, 0) is 0 Å². The Balaban J connectivity index is 1.78. The third kappa shape index (κ3) is 1.53. The van der Waals surface area contributed by atoms with Gasteiger partial charge in [0, 0.05) is 18.5 Å². The van der Waals surface area contributed by atoms with E-state index in [1.54, 1.807) is 6.07 Å². The van der Waals surface area contributed by atoms with E-state index in [0.29, 0.717) is 23.4 Å². The molecule has 1 aliphatic carbocycles. The first-order valence-electron chi connectivity index (χ1n) is 6.59. The van der Waals surface area contributed by atoms with Crippen LogP contribution in [0.25, 0.3) is 11.0 Å². The molecule has 20 heavy (non-hydrogen) atoms. The molecule has 0 radical (unpaired) electrons. The summed E-state index contributed by atoms with van der Waals surface area (Å²) in [7, 11) is 0. The van der Waals surface area contributed by atoms with Crippen molar-refractivity contribution in [3.05, 3.63) is 18.1 Å². The molecule has 7 nitrogen and oxygen atoms in total. The summed E-state index contributed by atoms with van der Waals surface area (Å²) in [6.07, 6.45) is 3.19. The van der Waals surface area contributed by atoms with Crippen molar-refractivity contribution in [3.63, 3.8) is 0 Å². The van der Waals surface area contributed by atoms with Crippen molar-refractivity contribution in [3.8, 4) is 0 Å². The van der Waals surface area contributed by atoms with Gasteiger partial charge in [-0.15, -0.1) is 0 Å². The number of aliphatic hydroxyl groups is 1. The summed E-state index contributed by atoms with van der Waals surface area (Å²) < 4.78 is 0. The van der Waals surface area contributed by atoms with Gasteiger partial charge in [-0.3, -0.25) is 0 Å². The first-order valence-corrected chi connectivity index (χ1v) is 6.59. The lowest BCUT2D eigenvalue weighted by Crippen LogP contribution is -2.22. The van der Waals surface area contributed by atoms with Gasteiger partial charge in [-0.25, -0.2) is 14.8 Å². The summed E-state index contributed by atoms with van der Waals surface area (Å²) in [5, 5.41) is 19.9. The zero-order valence-electron chi connectivity index (χ0n) is 10.7. The Labute approximate surface area is 114 Å². The Morgan fingerprint density at radius 1 is 1.45 bits per heavy atom. The summed E-state index contributed by atoms with van der Waals surface area (Å²) in [5.41, 5.74) is 0.643. The highest BCUT2D eigenvalue weighted by Crippen LogP contribution is 2.53. The smallest absolute Gasteiger partial charge is 0.352 e. The maximum absolute atomic E-state index is 11.0. The number of nitrogens with zero attached hydrogens (tertiary/aromatic N) is 3. The highest BCUT2D eigenvalue weighted by Gasteiger charge is 2.55. The summed E-state index contributed by atoms with van der Waals surface area (Å²) in [6, 6.07) is 1.55. The maximum Gasteiger partial charge on any atom is 0.352 e. The molecule has 0 aromatic carbocycles. The van der Waals surface area contributed by atoms with E-state index in [4.69, 9.17) is 5.11 Å². The summed E-state index contributed by atoms with van der Waals surface area (Å²) in [5.74, 6) is -0.323. The molecule has 3 N–H and O–H groups in total. The quantitative estimate of drug-likeness (QED) is 0.741. The zero-order chi connectivity index (χ0) is 13.9. The van der Waals surface area contributed by atoms with Crippen molar-refractivity contribution in [1.82, 2.24) is 15.0 Å². The molecule has 1 unspecified atom stereocenters. The van der Waals surface area contributed by atoms with Crippen molar-refractivity contribution in [2.24, 2.45) is 5.41 Å². The third-order valence-electron chi connectivity index (χ3n) is 4.43. The van der Waals surface area contributed by atoms with Gasteiger partial charge >= 0.3 is 5.97 Å². The Bertz CT molecular complexity index is 707. The van der Waals surface area contributed by atoms with E-state index in [2.05, 4.69) is 15.0 Å². The average molecular weight is 274 g/mol. The minimum atomic E-state index is -1.02. The molecule has 1 spiro atoms. The molecule has 3 heterocycles. The molecule has 2 fully saturated rings. The van der Waals surface area contributed by atoms with Crippen LogP contribution in [0.1, 0.15) is 23.3 Å². The normalized spacial score (nSPS) is 23.6. The molecular formula is C13H14N4O3. The number of carboxylic acids is 1. The van der Waals surface area contributed by atoms with Crippen LogP contribution in [-0.4, -0.2) is 50.3 Å². The van der Waals surface area contributed by atoms with E-state index < -0.39 is 5.97 Å². The Kier molecular flexibility index (Phi) is 2.15. The van der Waals surface area contributed by atoms with Gasteiger partial charge < -0.3 is 20.1 Å².